The molecule has 3 N–H and O–H groups in total. The van der Waals surface area contributed by atoms with Crippen LogP contribution < -0.4 is 10.6 Å². The first-order valence-electron chi connectivity index (χ1n) is 8.08. The zero-order valence-electron chi connectivity index (χ0n) is 13.5. The van der Waals surface area contributed by atoms with Crippen LogP contribution in [0.25, 0.3) is 0 Å². The van der Waals surface area contributed by atoms with Crippen LogP contribution in [0.1, 0.15) is 41.0 Å². The second-order valence-corrected chi connectivity index (χ2v) is 6.80. The van der Waals surface area contributed by atoms with Gasteiger partial charge in [-0.3, -0.25) is 4.79 Å². The van der Waals surface area contributed by atoms with Crippen molar-refractivity contribution in [1.82, 2.24) is 25.6 Å². The lowest BCUT2D eigenvalue weighted by atomic mass is 10.1. The second kappa shape index (κ2) is 8.14. The van der Waals surface area contributed by atoms with E-state index in [-0.39, 0.29) is 24.2 Å². The number of carbonyl (C=O) groups excluding carboxylic acids is 1. The van der Waals surface area contributed by atoms with E-state index in [1.807, 2.05) is 0 Å². The number of benzene rings is 1. The van der Waals surface area contributed by atoms with E-state index in [1.54, 1.807) is 29.1 Å². The van der Waals surface area contributed by atoms with Crippen LogP contribution in [0.4, 0.5) is 0 Å². The highest BCUT2D eigenvalue weighted by molar-refractivity contribution is 6.35. The number of amides is 1. The van der Waals surface area contributed by atoms with Crippen molar-refractivity contribution in [2.75, 3.05) is 19.6 Å². The van der Waals surface area contributed by atoms with Crippen LogP contribution in [0.15, 0.2) is 24.4 Å². The number of nitrogens with zero attached hydrogens (tertiary/aromatic N) is 3. The number of halogens is 2. The van der Waals surface area contributed by atoms with E-state index in [4.69, 9.17) is 23.2 Å². The normalized spacial score (nSPS) is 16.6. The van der Waals surface area contributed by atoms with Crippen LogP contribution in [-0.4, -0.2) is 45.6 Å². The molecule has 134 valence electrons. The number of aliphatic hydroxyl groups excluding tert-OH is 1. The van der Waals surface area contributed by atoms with Crippen molar-refractivity contribution in [1.29, 1.82) is 0 Å². The van der Waals surface area contributed by atoms with Crippen LogP contribution in [0.3, 0.4) is 0 Å². The highest BCUT2D eigenvalue weighted by Gasteiger charge is 2.19. The lowest BCUT2D eigenvalue weighted by molar-refractivity contribution is 0.0911. The summed E-state index contributed by atoms with van der Waals surface area (Å²) < 4.78 is 1.74. The van der Waals surface area contributed by atoms with Gasteiger partial charge in [0.25, 0.3) is 5.91 Å². The molecule has 7 nitrogen and oxygen atoms in total. The first-order chi connectivity index (χ1) is 12.0. The lowest BCUT2D eigenvalue weighted by Gasteiger charge is -2.22. The van der Waals surface area contributed by atoms with Crippen molar-refractivity contribution in [3.8, 4) is 0 Å². The van der Waals surface area contributed by atoms with Gasteiger partial charge in [0.1, 0.15) is 0 Å². The summed E-state index contributed by atoms with van der Waals surface area (Å²) in [5.41, 5.74) is 0.734. The molecule has 3 rings (SSSR count). The summed E-state index contributed by atoms with van der Waals surface area (Å²) in [5.74, 6) is -0.385. The molecule has 0 bridgehead atoms. The first-order valence-corrected chi connectivity index (χ1v) is 8.84. The molecule has 1 aliphatic rings. The van der Waals surface area contributed by atoms with Crippen LogP contribution in [0.5, 0.6) is 0 Å². The Labute approximate surface area is 155 Å². The third-order valence-corrected chi connectivity index (χ3v) is 4.77. The Balaban J connectivity index is 1.58. The Hall–Kier alpha value is -1.67. The van der Waals surface area contributed by atoms with Gasteiger partial charge in [-0.1, -0.05) is 34.5 Å². The van der Waals surface area contributed by atoms with Gasteiger partial charge >= 0.3 is 0 Å². The van der Waals surface area contributed by atoms with E-state index in [0.717, 1.165) is 25.9 Å². The molecule has 1 fully saturated rings. The molecule has 9 heteroatoms. The molecule has 0 radical (unpaired) electrons. The van der Waals surface area contributed by atoms with E-state index < -0.39 is 6.10 Å². The highest BCUT2D eigenvalue weighted by atomic mass is 35.5. The number of nitrogens with one attached hydrogen (secondary N) is 2. The molecule has 1 aliphatic heterocycles. The maximum atomic E-state index is 12.2. The monoisotopic (exact) mass is 383 g/mol. The molecule has 2 aromatic rings. The fourth-order valence-electron chi connectivity index (χ4n) is 2.79. The molecule has 2 heterocycles. The van der Waals surface area contributed by atoms with E-state index in [9.17, 15) is 9.90 Å². The van der Waals surface area contributed by atoms with Gasteiger partial charge < -0.3 is 15.7 Å². The van der Waals surface area contributed by atoms with Crippen molar-refractivity contribution in [3.63, 3.8) is 0 Å². The average molecular weight is 384 g/mol. The van der Waals surface area contributed by atoms with E-state index in [2.05, 4.69) is 20.9 Å². The summed E-state index contributed by atoms with van der Waals surface area (Å²) in [6, 6.07) is 5.08. The molecule has 0 spiro atoms. The Bertz CT molecular complexity index is 746. The molecule has 1 amide bonds. The molecule has 1 saturated heterocycles. The predicted molar refractivity (Wildman–Crippen MR) is 94.9 cm³/mol. The quantitative estimate of drug-likeness (QED) is 0.733. The number of hydrogen-bond acceptors (Lipinski definition) is 5. The van der Waals surface area contributed by atoms with Crippen LogP contribution in [0.2, 0.25) is 10.0 Å². The Morgan fingerprint density at radius 3 is 2.88 bits per heavy atom. The van der Waals surface area contributed by atoms with Gasteiger partial charge in [-0.05, 0) is 38.1 Å². The zero-order valence-corrected chi connectivity index (χ0v) is 15.0. The number of carbonyl (C=O) groups is 1. The summed E-state index contributed by atoms with van der Waals surface area (Å²) in [4.78, 5) is 12.2. The van der Waals surface area contributed by atoms with Gasteiger partial charge in [0.15, 0.2) is 5.69 Å². The predicted octanol–water partition coefficient (Wildman–Crippen LogP) is 1.97. The number of piperidine rings is 1. The van der Waals surface area contributed by atoms with Crippen LogP contribution in [0, 0.1) is 0 Å². The van der Waals surface area contributed by atoms with Gasteiger partial charge in [0, 0.05) is 22.2 Å². The SMILES string of the molecule is O=C(NCC(O)c1ccc(Cl)cc1Cl)c1cn(C2CCNCC2)nn1. The third kappa shape index (κ3) is 4.49. The minimum Gasteiger partial charge on any atom is -0.387 e. The maximum Gasteiger partial charge on any atom is 0.273 e. The smallest absolute Gasteiger partial charge is 0.273 e. The van der Waals surface area contributed by atoms with Gasteiger partial charge in [-0.15, -0.1) is 5.10 Å². The van der Waals surface area contributed by atoms with Crippen molar-refractivity contribution in [3.05, 3.63) is 45.7 Å². The minimum absolute atomic E-state index is 0.0143. The fourth-order valence-corrected chi connectivity index (χ4v) is 3.33. The number of hydrogen-bond donors (Lipinski definition) is 3. The molecule has 1 aromatic heterocycles. The topological polar surface area (TPSA) is 92.1 Å². The molecule has 0 aliphatic carbocycles. The van der Waals surface area contributed by atoms with Crippen molar-refractivity contribution >= 4 is 29.1 Å². The number of aliphatic hydroxyl groups is 1. The van der Waals surface area contributed by atoms with Gasteiger partial charge in [-0.2, -0.15) is 0 Å². The number of aromatic nitrogens is 3. The molecule has 0 saturated carbocycles. The van der Waals surface area contributed by atoms with Crippen molar-refractivity contribution in [2.45, 2.75) is 25.0 Å². The van der Waals surface area contributed by atoms with E-state index in [0.29, 0.717) is 15.6 Å². The van der Waals surface area contributed by atoms with Crippen LogP contribution in [-0.2, 0) is 0 Å². The lowest BCUT2D eigenvalue weighted by Crippen LogP contribution is -2.30. The van der Waals surface area contributed by atoms with E-state index in [1.165, 1.54) is 0 Å². The summed E-state index contributed by atoms with van der Waals surface area (Å²) in [7, 11) is 0. The molecular formula is C16H19Cl2N5O2. The largest absolute Gasteiger partial charge is 0.387 e. The molecule has 25 heavy (non-hydrogen) atoms. The summed E-state index contributed by atoms with van der Waals surface area (Å²) >= 11 is 11.9. The fraction of sp³-hybridized carbons (Fsp3) is 0.438. The average Bonchev–Trinajstić information content (AvgIpc) is 3.10. The summed E-state index contributed by atoms with van der Waals surface area (Å²) in [6.07, 6.45) is 2.62. The molecular weight excluding hydrogens is 365 g/mol. The Morgan fingerprint density at radius 1 is 1.40 bits per heavy atom. The van der Waals surface area contributed by atoms with Gasteiger partial charge in [0.2, 0.25) is 0 Å². The van der Waals surface area contributed by atoms with Gasteiger partial charge in [0.05, 0.1) is 18.3 Å². The molecule has 1 atom stereocenters. The van der Waals surface area contributed by atoms with Crippen molar-refractivity contribution in [2.24, 2.45) is 0 Å². The van der Waals surface area contributed by atoms with Crippen molar-refractivity contribution < 1.29 is 9.90 Å². The first kappa shape index (κ1) is 18.1. The molecule has 1 aromatic carbocycles. The highest BCUT2D eigenvalue weighted by Crippen LogP contribution is 2.26. The van der Waals surface area contributed by atoms with Crippen LogP contribution >= 0.6 is 23.2 Å². The minimum atomic E-state index is -0.937. The summed E-state index contributed by atoms with van der Waals surface area (Å²) in [6.45, 7) is 1.88. The van der Waals surface area contributed by atoms with Gasteiger partial charge in [-0.25, -0.2) is 4.68 Å². The van der Waals surface area contributed by atoms with E-state index >= 15 is 0 Å². The zero-order chi connectivity index (χ0) is 17.8. The number of rotatable bonds is 5. The molecule has 1 unspecified atom stereocenters. The summed E-state index contributed by atoms with van der Waals surface area (Å²) in [5, 5.41) is 25.0. The Kier molecular flexibility index (Phi) is 5.90. The standard InChI is InChI=1S/C16H19Cl2N5O2/c17-10-1-2-12(13(18)7-10)15(24)8-20-16(25)14-9-23(22-21-14)11-3-5-19-6-4-11/h1-2,7,9,11,15,19,24H,3-6,8H2,(H,20,25). The maximum absolute atomic E-state index is 12.2. The second-order valence-electron chi connectivity index (χ2n) is 5.96. The third-order valence-electron chi connectivity index (χ3n) is 4.20. The Morgan fingerprint density at radius 2 is 2.16 bits per heavy atom.